The fraction of sp³-hybridized carbons (Fsp3) is 0.136. The summed E-state index contributed by atoms with van der Waals surface area (Å²) in [5.74, 6) is -0.521. The van der Waals surface area contributed by atoms with Crippen LogP contribution in [0.5, 0.6) is 0 Å². The van der Waals surface area contributed by atoms with Crippen LogP contribution < -0.4 is 4.90 Å². The first kappa shape index (κ1) is 20.4. The number of carbonyl (C=O) groups is 1. The first-order valence-corrected chi connectivity index (χ1v) is 10.5. The number of nitro groups is 1. The minimum absolute atomic E-state index is 0.108. The van der Waals surface area contributed by atoms with Crippen molar-refractivity contribution in [1.29, 1.82) is 0 Å². The number of aromatic nitrogens is 3. The molecule has 9 heteroatoms. The summed E-state index contributed by atoms with van der Waals surface area (Å²) in [5, 5.41) is 17.2. The molecule has 2 aromatic carbocycles. The molecule has 0 aliphatic carbocycles. The molecule has 2 aromatic heterocycles. The number of amides is 1. The lowest BCUT2D eigenvalue weighted by Crippen LogP contribution is -2.35. The van der Waals surface area contributed by atoms with Gasteiger partial charge in [0.2, 0.25) is 0 Å². The average molecular weight is 433 g/mol. The van der Waals surface area contributed by atoms with Crippen molar-refractivity contribution in [2.24, 2.45) is 0 Å². The van der Waals surface area contributed by atoms with Crippen molar-refractivity contribution in [2.45, 2.75) is 13.0 Å². The number of benzene rings is 2. The lowest BCUT2D eigenvalue weighted by Gasteiger charge is -2.19. The molecule has 0 spiro atoms. The van der Waals surface area contributed by atoms with Gasteiger partial charge < -0.3 is 10.1 Å². The SMILES string of the molecule is O=C(Cn1ccc([N+](=O)[O-])n1)N(CCc1ccccc1)c1nc(-c2ccccc2)cs1. The minimum Gasteiger partial charge on any atom is -0.358 e. The van der Waals surface area contributed by atoms with Crippen LogP contribution in [0.25, 0.3) is 11.3 Å². The average Bonchev–Trinajstić information content (AvgIpc) is 3.46. The van der Waals surface area contributed by atoms with E-state index in [4.69, 9.17) is 0 Å². The van der Waals surface area contributed by atoms with Crippen molar-refractivity contribution in [1.82, 2.24) is 14.8 Å². The van der Waals surface area contributed by atoms with E-state index in [9.17, 15) is 14.9 Å². The van der Waals surface area contributed by atoms with Gasteiger partial charge in [-0.15, -0.1) is 11.3 Å². The largest absolute Gasteiger partial charge is 0.389 e. The zero-order valence-electron chi connectivity index (χ0n) is 16.5. The van der Waals surface area contributed by atoms with Crippen LogP contribution in [-0.4, -0.2) is 32.1 Å². The second-order valence-corrected chi connectivity index (χ2v) is 7.63. The van der Waals surface area contributed by atoms with Gasteiger partial charge in [-0.3, -0.25) is 9.69 Å². The maximum atomic E-state index is 13.1. The van der Waals surface area contributed by atoms with Crippen LogP contribution in [0.2, 0.25) is 0 Å². The summed E-state index contributed by atoms with van der Waals surface area (Å²) in [6, 6.07) is 20.9. The highest BCUT2D eigenvalue weighted by molar-refractivity contribution is 7.14. The summed E-state index contributed by atoms with van der Waals surface area (Å²) in [4.78, 5) is 29.7. The Hall–Kier alpha value is -3.85. The van der Waals surface area contributed by atoms with E-state index in [1.165, 1.54) is 28.3 Å². The third-order valence-corrected chi connectivity index (χ3v) is 5.53. The molecule has 0 aliphatic rings. The van der Waals surface area contributed by atoms with Gasteiger partial charge in [0.25, 0.3) is 5.91 Å². The Labute approximate surface area is 182 Å². The number of rotatable bonds is 8. The maximum Gasteiger partial charge on any atom is 0.389 e. The molecule has 156 valence electrons. The monoisotopic (exact) mass is 433 g/mol. The van der Waals surface area contributed by atoms with Gasteiger partial charge in [-0.2, -0.15) is 4.68 Å². The molecule has 2 heterocycles. The van der Waals surface area contributed by atoms with Gasteiger partial charge in [0.1, 0.15) is 6.54 Å². The predicted octanol–water partition coefficient (Wildman–Crippen LogP) is 4.19. The lowest BCUT2D eigenvalue weighted by molar-refractivity contribution is -0.389. The van der Waals surface area contributed by atoms with E-state index >= 15 is 0 Å². The molecule has 0 radical (unpaired) electrons. The van der Waals surface area contributed by atoms with E-state index in [2.05, 4.69) is 10.1 Å². The van der Waals surface area contributed by atoms with Crippen LogP contribution in [0.1, 0.15) is 5.56 Å². The molecule has 31 heavy (non-hydrogen) atoms. The van der Waals surface area contributed by atoms with Crippen molar-refractivity contribution in [3.05, 3.63) is 94.0 Å². The normalized spacial score (nSPS) is 10.7. The summed E-state index contributed by atoms with van der Waals surface area (Å²) in [6.07, 6.45) is 2.09. The minimum atomic E-state index is -0.582. The molecule has 8 nitrogen and oxygen atoms in total. The van der Waals surface area contributed by atoms with Gasteiger partial charge in [0, 0.05) is 17.5 Å². The van der Waals surface area contributed by atoms with E-state index in [1.807, 2.05) is 66.0 Å². The van der Waals surface area contributed by atoms with E-state index in [0.29, 0.717) is 18.1 Å². The van der Waals surface area contributed by atoms with Crippen LogP contribution in [-0.2, 0) is 17.8 Å². The third kappa shape index (κ3) is 5.01. The van der Waals surface area contributed by atoms with Crippen LogP contribution in [0.15, 0.2) is 78.3 Å². The van der Waals surface area contributed by atoms with Crippen molar-refractivity contribution >= 4 is 28.2 Å². The summed E-state index contributed by atoms with van der Waals surface area (Å²) >= 11 is 1.39. The van der Waals surface area contributed by atoms with E-state index in [1.54, 1.807) is 4.90 Å². The Morgan fingerprint density at radius 2 is 1.77 bits per heavy atom. The lowest BCUT2D eigenvalue weighted by atomic mass is 10.1. The summed E-state index contributed by atoms with van der Waals surface area (Å²) in [6.45, 7) is 0.330. The highest BCUT2D eigenvalue weighted by Crippen LogP contribution is 2.28. The second-order valence-electron chi connectivity index (χ2n) is 6.79. The number of nitrogens with zero attached hydrogens (tertiary/aromatic N) is 5. The second kappa shape index (κ2) is 9.31. The van der Waals surface area contributed by atoms with Crippen LogP contribution in [0, 0.1) is 10.1 Å². The van der Waals surface area contributed by atoms with Gasteiger partial charge in [-0.05, 0) is 16.9 Å². The maximum absolute atomic E-state index is 13.1. The first-order chi connectivity index (χ1) is 15.1. The van der Waals surface area contributed by atoms with E-state index in [0.717, 1.165) is 16.8 Å². The molecule has 0 atom stereocenters. The Bertz CT molecular complexity index is 1170. The Morgan fingerprint density at radius 1 is 1.06 bits per heavy atom. The molecule has 0 N–H and O–H groups in total. The van der Waals surface area contributed by atoms with E-state index in [-0.39, 0.29) is 18.3 Å². The predicted molar refractivity (Wildman–Crippen MR) is 119 cm³/mol. The fourth-order valence-electron chi connectivity index (χ4n) is 3.10. The van der Waals surface area contributed by atoms with Gasteiger partial charge in [-0.1, -0.05) is 60.7 Å². The quantitative estimate of drug-likeness (QED) is 0.307. The van der Waals surface area contributed by atoms with Gasteiger partial charge >= 0.3 is 5.82 Å². The molecule has 0 aliphatic heterocycles. The Morgan fingerprint density at radius 3 is 2.45 bits per heavy atom. The number of hydrogen-bond donors (Lipinski definition) is 0. The number of carbonyl (C=O) groups excluding carboxylic acids is 1. The Kier molecular flexibility index (Phi) is 6.13. The van der Waals surface area contributed by atoms with Crippen LogP contribution in [0.3, 0.4) is 0 Å². The van der Waals surface area contributed by atoms with Crippen molar-refractivity contribution < 1.29 is 9.72 Å². The summed E-state index contributed by atoms with van der Waals surface area (Å²) in [5.41, 5.74) is 2.88. The fourth-order valence-corrected chi connectivity index (χ4v) is 3.98. The first-order valence-electron chi connectivity index (χ1n) is 9.63. The van der Waals surface area contributed by atoms with E-state index < -0.39 is 4.92 Å². The molecular weight excluding hydrogens is 414 g/mol. The molecule has 0 bridgehead atoms. The van der Waals surface area contributed by atoms with Crippen LogP contribution in [0.4, 0.5) is 10.9 Å². The van der Waals surface area contributed by atoms with Gasteiger partial charge in [0.05, 0.1) is 23.1 Å². The molecule has 1 amide bonds. The molecule has 0 saturated carbocycles. The smallest absolute Gasteiger partial charge is 0.358 e. The molecule has 4 rings (SSSR count). The van der Waals surface area contributed by atoms with Crippen molar-refractivity contribution in [2.75, 3.05) is 11.4 Å². The standard InChI is InChI=1S/C22H19N5O3S/c28-21(15-25-13-12-20(24-25)27(29)30)26(14-11-17-7-3-1-4-8-17)22-23-19(16-31-22)18-9-5-2-6-10-18/h1-10,12-13,16H,11,14-15H2. The zero-order valence-corrected chi connectivity index (χ0v) is 17.3. The van der Waals surface area contributed by atoms with Crippen molar-refractivity contribution in [3.63, 3.8) is 0 Å². The van der Waals surface area contributed by atoms with Gasteiger partial charge in [0.15, 0.2) is 5.13 Å². The Balaban J connectivity index is 1.57. The number of hydrogen-bond acceptors (Lipinski definition) is 6. The molecule has 4 aromatic rings. The number of anilines is 1. The van der Waals surface area contributed by atoms with Gasteiger partial charge in [-0.25, -0.2) is 4.98 Å². The molecule has 0 unspecified atom stereocenters. The highest BCUT2D eigenvalue weighted by atomic mass is 32.1. The topological polar surface area (TPSA) is 94.2 Å². The highest BCUT2D eigenvalue weighted by Gasteiger charge is 2.22. The van der Waals surface area contributed by atoms with Crippen molar-refractivity contribution in [3.8, 4) is 11.3 Å². The summed E-state index contributed by atoms with van der Waals surface area (Å²) < 4.78 is 1.28. The zero-order chi connectivity index (χ0) is 21.6. The molecular formula is C22H19N5O3S. The molecule has 0 fully saturated rings. The number of thiazole rings is 1. The van der Waals surface area contributed by atoms with Crippen LogP contribution >= 0.6 is 11.3 Å². The molecule has 0 saturated heterocycles. The third-order valence-electron chi connectivity index (χ3n) is 4.67. The summed E-state index contributed by atoms with van der Waals surface area (Å²) in [7, 11) is 0.